The van der Waals surface area contributed by atoms with Crippen molar-refractivity contribution in [3.63, 3.8) is 0 Å². The van der Waals surface area contributed by atoms with Crippen molar-refractivity contribution in [1.82, 2.24) is 4.98 Å². The van der Waals surface area contributed by atoms with Crippen LogP contribution < -0.4 is 11.5 Å². The number of amides is 2. The quantitative estimate of drug-likeness (QED) is 0.822. The molecule has 5 nitrogen and oxygen atoms in total. The average Bonchev–Trinajstić information content (AvgIpc) is 2.16. The summed E-state index contributed by atoms with van der Waals surface area (Å²) in [4.78, 5) is 24.4. The Morgan fingerprint density at radius 1 is 1.24 bits per heavy atom. The van der Waals surface area contributed by atoms with E-state index in [-0.39, 0.29) is 5.91 Å². The first-order valence-corrected chi connectivity index (χ1v) is 5.40. The number of primary amides is 2. The van der Waals surface area contributed by atoms with E-state index in [1.807, 2.05) is 26.8 Å². The highest BCUT2D eigenvalue weighted by atomic mass is 16.1. The predicted octanol–water partition coefficient (Wildman–Crippen LogP) is 1.07. The Morgan fingerprint density at radius 3 is 2.12 bits per heavy atom. The van der Waals surface area contributed by atoms with Crippen molar-refractivity contribution in [3.8, 4) is 0 Å². The molecule has 4 N–H and O–H groups in total. The molecule has 2 amide bonds. The Labute approximate surface area is 101 Å². The highest BCUT2D eigenvalue weighted by Gasteiger charge is 2.01. The van der Waals surface area contributed by atoms with Crippen molar-refractivity contribution in [3.05, 3.63) is 29.1 Å². The summed E-state index contributed by atoms with van der Waals surface area (Å²) in [7, 11) is 0. The van der Waals surface area contributed by atoms with Crippen LogP contribution in [0.3, 0.4) is 0 Å². The lowest BCUT2D eigenvalue weighted by Gasteiger charge is -1.98. The van der Waals surface area contributed by atoms with Crippen molar-refractivity contribution < 1.29 is 9.59 Å². The number of hydrogen-bond donors (Lipinski definition) is 2. The van der Waals surface area contributed by atoms with Crippen LogP contribution in [0.1, 0.15) is 41.5 Å². The topological polar surface area (TPSA) is 99.1 Å². The number of aromatic nitrogens is 1. The monoisotopic (exact) mass is 237 g/mol. The van der Waals surface area contributed by atoms with E-state index in [2.05, 4.69) is 4.98 Å². The Hall–Kier alpha value is -1.91. The summed E-state index contributed by atoms with van der Waals surface area (Å²) in [6, 6.07) is 3.57. The molecule has 0 unspecified atom stereocenters. The van der Waals surface area contributed by atoms with Crippen molar-refractivity contribution >= 4 is 11.8 Å². The minimum Gasteiger partial charge on any atom is -0.370 e. The Kier molecular flexibility index (Phi) is 6.55. The molecule has 1 rings (SSSR count). The summed E-state index contributed by atoms with van der Waals surface area (Å²) in [5.41, 5.74) is 12.0. The third kappa shape index (κ3) is 7.05. The minimum atomic E-state index is -0.475. The van der Waals surface area contributed by atoms with E-state index in [0.717, 1.165) is 17.7 Å². The first-order chi connectivity index (χ1) is 7.86. The fourth-order valence-electron chi connectivity index (χ4n) is 1.21. The van der Waals surface area contributed by atoms with E-state index >= 15 is 0 Å². The summed E-state index contributed by atoms with van der Waals surface area (Å²) < 4.78 is 0. The van der Waals surface area contributed by atoms with Gasteiger partial charge in [-0.3, -0.25) is 9.59 Å². The van der Waals surface area contributed by atoms with Gasteiger partial charge in [-0.2, -0.15) is 0 Å². The number of nitrogens with two attached hydrogens (primary N) is 2. The van der Waals surface area contributed by atoms with Gasteiger partial charge >= 0.3 is 0 Å². The van der Waals surface area contributed by atoms with Crippen LogP contribution in [0.5, 0.6) is 0 Å². The second kappa shape index (κ2) is 7.38. The van der Waals surface area contributed by atoms with E-state index in [0.29, 0.717) is 12.1 Å². The number of hydrogen-bond acceptors (Lipinski definition) is 3. The maximum absolute atomic E-state index is 10.7. The first kappa shape index (κ1) is 15.1. The van der Waals surface area contributed by atoms with Crippen LogP contribution >= 0.6 is 0 Å². The molecule has 0 saturated heterocycles. The molecule has 0 aromatic carbocycles. The zero-order valence-electron chi connectivity index (χ0n) is 10.5. The van der Waals surface area contributed by atoms with Gasteiger partial charge in [0.15, 0.2) is 0 Å². The molecule has 0 bridgehead atoms. The molecule has 5 heteroatoms. The second-order valence-corrected chi connectivity index (χ2v) is 3.75. The zero-order chi connectivity index (χ0) is 13.4. The maximum atomic E-state index is 10.7. The molecule has 0 aliphatic heterocycles. The van der Waals surface area contributed by atoms with Crippen molar-refractivity contribution in [2.75, 3.05) is 0 Å². The number of rotatable bonds is 3. The fraction of sp³-hybridized carbons (Fsp3) is 0.417. The van der Waals surface area contributed by atoms with Gasteiger partial charge in [-0.1, -0.05) is 6.92 Å². The summed E-state index contributed by atoms with van der Waals surface area (Å²) >= 11 is 0. The van der Waals surface area contributed by atoms with Crippen LogP contribution in [0.15, 0.2) is 12.1 Å². The Morgan fingerprint density at radius 2 is 1.82 bits per heavy atom. The molecule has 0 saturated carbocycles. The number of carbonyl (C=O) groups is 2. The molecule has 0 atom stereocenters. The molecule has 0 fully saturated rings. The lowest BCUT2D eigenvalue weighted by atomic mass is 10.2. The molecular weight excluding hydrogens is 218 g/mol. The fourth-order valence-corrected chi connectivity index (χ4v) is 1.21. The SMILES string of the molecule is CCCC(N)=O.Cc1cc(C)nc(C(N)=O)c1. The molecule has 1 aromatic rings. The van der Waals surface area contributed by atoms with Crippen LogP contribution in [0.25, 0.3) is 0 Å². The van der Waals surface area contributed by atoms with Gasteiger partial charge in [0.05, 0.1) is 0 Å². The zero-order valence-corrected chi connectivity index (χ0v) is 10.5. The lowest BCUT2D eigenvalue weighted by molar-refractivity contribution is -0.118. The van der Waals surface area contributed by atoms with Gasteiger partial charge in [-0.25, -0.2) is 4.98 Å². The van der Waals surface area contributed by atoms with E-state index in [1.54, 1.807) is 6.07 Å². The van der Waals surface area contributed by atoms with E-state index < -0.39 is 5.91 Å². The molecule has 94 valence electrons. The van der Waals surface area contributed by atoms with Gasteiger partial charge in [0.25, 0.3) is 5.91 Å². The van der Waals surface area contributed by atoms with Crippen LogP contribution in [0.2, 0.25) is 0 Å². The van der Waals surface area contributed by atoms with E-state index in [1.165, 1.54) is 0 Å². The second-order valence-electron chi connectivity index (χ2n) is 3.75. The molecule has 17 heavy (non-hydrogen) atoms. The first-order valence-electron chi connectivity index (χ1n) is 5.40. The largest absolute Gasteiger partial charge is 0.370 e. The van der Waals surface area contributed by atoms with Crippen LogP contribution in [0.4, 0.5) is 0 Å². The van der Waals surface area contributed by atoms with Crippen molar-refractivity contribution in [2.45, 2.75) is 33.6 Å². The van der Waals surface area contributed by atoms with E-state index in [4.69, 9.17) is 11.5 Å². The standard InChI is InChI=1S/C8H10N2O.C4H9NO/c1-5-3-6(2)10-7(4-5)8(9)11;1-2-3-4(5)6/h3-4H,1-2H3,(H2,9,11);2-3H2,1H3,(H2,5,6). The summed E-state index contributed by atoms with van der Waals surface area (Å²) in [6.45, 7) is 5.66. The molecule has 1 aromatic heterocycles. The molecule has 0 radical (unpaired) electrons. The Bertz CT molecular complexity index is 382. The van der Waals surface area contributed by atoms with E-state index in [9.17, 15) is 9.59 Å². The highest BCUT2D eigenvalue weighted by Crippen LogP contribution is 2.02. The molecular formula is C12H19N3O2. The number of pyridine rings is 1. The summed E-state index contributed by atoms with van der Waals surface area (Å²) in [5.74, 6) is -0.686. The minimum absolute atomic E-state index is 0.211. The highest BCUT2D eigenvalue weighted by molar-refractivity contribution is 5.90. The van der Waals surface area contributed by atoms with Gasteiger partial charge in [-0.15, -0.1) is 0 Å². The van der Waals surface area contributed by atoms with Gasteiger partial charge in [-0.05, 0) is 38.0 Å². The molecule has 0 spiro atoms. The summed E-state index contributed by atoms with van der Waals surface area (Å²) in [6.07, 6.45) is 1.37. The van der Waals surface area contributed by atoms with Gasteiger partial charge in [0, 0.05) is 12.1 Å². The molecule has 1 heterocycles. The molecule has 0 aliphatic carbocycles. The van der Waals surface area contributed by atoms with Gasteiger partial charge in [0.2, 0.25) is 5.91 Å². The average molecular weight is 237 g/mol. The maximum Gasteiger partial charge on any atom is 0.267 e. The molecule has 0 aliphatic rings. The van der Waals surface area contributed by atoms with Crippen LogP contribution in [0, 0.1) is 13.8 Å². The normalized spacial score (nSPS) is 9.12. The van der Waals surface area contributed by atoms with Crippen LogP contribution in [-0.2, 0) is 4.79 Å². The predicted molar refractivity (Wildman–Crippen MR) is 66.3 cm³/mol. The Balaban J connectivity index is 0.000000366. The third-order valence-electron chi connectivity index (χ3n) is 1.85. The van der Waals surface area contributed by atoms with Crippen molar-refractivity contribution in [1.29, 1.82) is 0 Å². The number of nitrogens with zero attached hydrogens (tertiary/aromatic N) is 1. The third-order valence-corrected chi connectivity index (χ3v) is 1.85. The smallest absolute Gasteiger partial charge is 0.267 e. The number of carbonyl (C=O) groups excluding carboxylic acids is 2. The van der Waals surface area contributed by atoms with Gasteiger partial charge < -0.3 is 11.5 Å². The number of aryl methyl sites for hydroxylation is 2. The summed E-state index contributed by atoms with van der Waals surface area (Å²) in [5, 5.41) is 0. The van der Waals surface area contributed by atoms with Gasteiger partial charge in [0.1, 0.15) is 5.69 Å². The lowest BCUT2D eigenvalue weighted by Crippen LogP contribution is -2.13. The van der Waals surface area contributed by atoms with Crippen molar-refractivity contribution in [2.24, 2.45) is 11.5 Å². The van der Waals surface area contributed by atoms with Crippen LogP contribution in [-0.4, -0.2) is 16.8 Å².